The molecular weight excluding hydrogens is 775 g/mol. The van der Waals surface area contributed by atoms with Gasteiger partial charge in [0.25, 0.3) is 11.6 Å². The number of nitro groups is 2. The first-order valence-corrected chi connectivity index (χ1v) is 16.0. The van der Waals surface area contributed by atoms with E-state index >= 15 is 0 Å². The van der Waals surface area contributed by atoms with Gasteiger partial charge >= 0.3 is 11.7 Å². The van der Waals surface area contributed by atoms with Crippen LogP contribution >= 0.6 is 34.8 Å². The van der Waals surface area contributed by atoms with Crippen molar-refractivity contribution in [1.29, 1.82) is 0 Å². The maximum Gasteiger partial charge on any atom is 0.338 e. The molecule has 0 radical (unpaired) electrons. The first-order chi connectivity index (χ1) is 23.4. The van der Waals surface area contributed by atoms with Crippen LogP contribution in [0.2, 0.25) is 0 Å². The molecule has 18 heteroatoms. The molecule has 1 aliphatic rings. The molecule has 1 aliphatic heterocycles. The van der Waals surface area contributed by atoms with Crippen LogP contribution in [0.15, 0.2) is 71.0 Å². The Balaban J connectivity index is 1.47. The standard InChI is InChI=1S/C31H29IN6O10S/c1-4-45-25-13-18(12-21(32)29(25)48-24-11-10-19(37(41)42)14-22(24)38(43)44)15-33-36-26(39)16-47-23-9-7-6-8-20(23)28-27(30(40)46-5-2)17(3)34-31(49)35-28/h6-15,28H,4-5,16H2,1-3H3,(H,36,39)(H2,34,35,49)/t28-/m1/s1. The lowest BCUT2D eigenvalue weighted by atomic mass is 9.95. The minimum Gasteiger partial charge on any atom is -0.490 e. The van der Waals surface area contributed by atoms with Gasteiger partial charge in [0, 0.05) is 17.3 Å². The van der Waals surface area contributed by atoms with E-state index in [-0.39, 0.29) is 30.5 Å². The zero-order chi connectivity index (χ0) is 35.7. The molecule has 1 heterocycles. The summed E-state index contributed by atoms with van der Waals surface area (Å²) < 4.78 is 23.0. The smallest absolute Gasteiger partial charge is 0.338 e. The largest absolute Gasteiger partial charge is 0.490 e. The first-order valence-electron chi connectivity index (χ1n) is 14.5. The van der Waals surface area contributed by atoms with Crippen LogP contribution in [0.5, 0.6) is 23.0 Å². The molecule has 49 heavy (non-hydrogen) atoms. The van der Waals surface area contributed by atoms with E-state index in [0.29, 0.717) is 36.8 Å². The topological polar surface area (TPSA) is 206 Å². The van der Waals surface area contributed by atoms with Gasteiger partial charge < -0.3 is 29.6 Å². The van der Waals surface area contributed by atoms with Crippen molar-refractivity contribution in [1.82, 2.24) is 16.1 Å². The second kappa shape index (κ2) is 16.6. The maximum absolute atomic E-state index is 12.8. The summed E-state index contributed by atoms with van der Waals surface area (Å²) in [5.41, 5.74) is 3.25. The SMILES string of the molecule is CCOC(=O)C1=C(C)NC(=S)N[C@@H]1c1ccccc1OCC(=O)NN=Cc1cc(I)c(Oc2ccc([N+](=O)[O-])cc2[N+](=O)[O-])c(OCC)c1. The number of halogens is 1. The molecule has 0 aliphatic carbocycles. The molecule has 0 bridgehead atoms. The van der Waals surface area contributed by atoms with Gasteiger partial charge in [0.05, 0.1) is 50.5 Å². The highest BCUT2D eigenvalue weighted by molar-refractivity contribution is 14.1. The lowest BCUT2D eigenvalue weighted by Gasteiger charge is -2.30. The van der Waals surface area contributed by atoms with E-state index in [1.807, 2.05) is 22.6 Å². The molecule has 3 N–H and O–H groups in total. The fraction of sp³-hybridized carbons (Fsp3) is 0.226. The molecule has 0 fully saturated rings. The quantitative estimate of drug-likeness (QED) is 0.0480. The Kier molecular flexibility index (Phi) is 12.4. The van der Waals surface area contributed by atoms with Crippen LogP contribution in [0, 0.1) is 23.8 Å². The number of hydrogen-bond donors (Lipinski definition) is 3. The minimum absolute atomic E-state index is 0.146. The molecule has 1 atom stereocenters. The molecule has 3 aromatic rings. The van der Waals surface area contributed by atoms with Crippen molar-refractivity contribution < 1.29 is 38.4 Å². The first kappa shape index (κ1) is 36.5. The van der Waals surface area contributed by atoms with Gasteiger partial charge in [0.15, 0.2) is 23.2 Å². The van der Waals surface area contributed by atoms with E-state index in [4.69, 9.17) is 31.2 Å². The average molecular weight is 805 g/mol. The van der Waals surface area contributed by atoms with Crippen molar-refractivity contribution in [2.45, 2.75) is 26.8 Å². The third-order valence-corrected chi connectivity index (χ3v) is 7.67. The summed E-state index contributed by atoms with van der Waals surface area (Å²) in [7, 11) is 0. The van der Waals surface area contributed by atoms with Crippen LogP contribution in [0.25, 0.3) is 0 Å². The highest BCUT2D eigenvalue weighted by atomic mass is 127. The van der Waals surface area contributed by atoms with E-state index in [1.54, 1.807) is 57.2 Å². The molecule has 0 spiro atoms. The highest BCUT2D eigenvalue weighted by Gasteiger charge is 2.33. The summed E-state index contributed by atoms with van der Waals surface area (Å²) in [5.74, 6) is -0.629. The lowest BCUT2D eigenvalue weighted by Crippen LogP contribution is -2.45. The molecule has 4 rings (SSSR count). The number of nitrogens with zero attached hydrogens (tertiary/aromatic N) is 3. The Morgan fingerprint density at radius 1 is 1.02 bits per heavy atom. The van der Waals surface area contributed by atoms with Gasteiger partial charge in [-0.25, -0.2) is 10.2 Å². The molecule has 16 nitrogen and oxygen atoms in total. The Hall–Kier alpha value is -5.37. The number of thiocarbonyl (C=S) groups is 1. The third kappa shape index (κ3) is 9.16. The Morgan fingerprint density at radius 2 is 1.78 bits per heavy atom. The van der Waals surface area contributed by atoms with Gasteiger partial charge in [0.1, 0.15) is 5.75 Å². The van der Waals surface area contributed by atoms with Crippen molar-refractivity contribution in [3.8, 4) is 23.0 Å². The van der Waals surface area contributed by atoms with Gasteiger partial charge in [-0.1, -0.05) is 18.2 Å². The van der Waals surface area contributed by atoms with Gasteiger partial charge in [-0.15, -0.1) is 0 Å². The zero-order valence-electron chi connectivity index (χ0n) is 26.2. The van der Waals surface area contributed by atoms with Crippen molar-refractivity contribution in [3.63, 3.8) is 0 Å². The molecule has 3 aromatic carbocycles. The Morgan fingerprint density at radius 3 is 2.47 bits per heavy atom. The summed E-state index contributed by atoms with van der Waals surface area (Å²) >= 11 is 7.25. The van der Waals surface area contributed by atoms with Gasteiger partial charge in [0.2, 0.25) is 5.75 Å². The van der Waals surface area contributed by atoms with Crippen molar-refractivity contribution in [2.75, 3.05) is 19.8 Å². The van der Waals surface area contributed by atoms with Crippen LogP contribution in [0.4, 0.5) is 11.4 Å². The van der Waals surface area contributed by atoms with Crippen molar-refractivity contribution >= 4 is 69.4 Å². The van der Waals surface area contributed by atoms with E-state index < -0.39 is 45.7 Å². The van der Waals surface area contributed by atoms with E-state index in [9.17, 15) is 29.8 Å². The number of carbonyl (C=O) groups is 2. The number of rotatable bonds is 14. The van der Waals surface area contributed by atoms with Gasteiger partial charge in [-0.3, -0.25) is 25.0 Å². The minimum atomic E-state index is -0.778. The number of carbonyl (C=O) groups excluding carboxylic acids is 2. The Labute approximate surface area is 298 Å². The number of benzene rings is 3. The predicted octanol–water partition coefficient (Wildman–Crippen LogP) is 5.18. The maximum atomic E-state index is 12.8. The van der Waals surface area contributed by atoms with Crippen LogP contribution < -0.4 is 30.3 Å². The van der Waals surface area contributed by atoms with Crippen LogP contribution in [-0.2, 0) is 14.3 Å². The molecule has 0 unspecified atom stereocenters. The monoisotopic (exact) mass is 804 g/mol. The molecule has 256 valence electrons. The number of para-hydroxylation sites is 1. The number of hydrazone groups is 1. The summed E-state index contributed by atoms with van der Waals surface area (Å²) in [6, 6.07) is 12.4. The van der Waals surface area contributed by atoms with Gasteiger partial charge in [-0.05, 0) is 85.4 Å². The second-order valence-corrected chi connectivity index (χ2v) is 11.5. The van der Waals surface area contributed by atoms with E-state index in [2.05, 4.69) is 21.2 Å². The van der Waals surface area contributed by atoms with E-state index in [1.165, 1.54) is 6.21 Å². The third-order valence-electron chi connectivity index (χ3n) is 6.65. The number of nitro benzene ring substituents is 2. The number of non-ortho nitro benzene ring substituents is 1. The van der Waals surface area contributed by atoms with Crippen LogP contribution in [0.3, 0.4) is 0 Å². The number of amides is 1. The van der Waals surface area contributed by atoms with Crippen molar-refractivity contribution in [2.24, 2.45) is 5.10 Å². The molecule has 0 saturated carbocycles. The van der Waals surface area contributed by atoms with Crippen molar-refractivity contribution in [3.05, 3.63) is 101 Å². The summed E-state index contributed by atoms with van der Waals surface area (Å²) in [5, 5.41) is 33.0. The number of nitrogens with one attached hydrogen (secondary N) is 3. The molecule has 0 aromatic heterocycles. The number of hydrogen-bond acceptors (Lipinski definition) is 12. The van der Waals surface area contributed by atoms with Gasteiger partial charge in [-0.2, -0.15) is 5.10 Å². The number of ether oxygens (including phenoxy) is 4. The van der Waals surface area contributed by atoms with E-state index in [0.717, 1.165) is 18.2 Å². The summed E-state index contributed by atoms with van der Waals surface area (Å²) in [6.45, 7) is 5.14. The average Bonchev–Trinajstić information content (AvgIpc) is 3.05. The molecular formula is C31H29IN6O10S. The highest BCUT2D eigenvalue weighted by Crippen LogP contribution is 2.41. The molecule has 0 saturated heterocycles. The fourth-order valence-corrected chi connectivity index (χ4v) is 5.60. The van der Waals surface area contributed by atoms with Crippen LogP contribution in [0.1, 0.15) is 37.9 Å². The number of allylic oxidation sites excluding steroid dienone is 1. The molecule has 1 amide bonds. The predicted molar refractivity (Wildman–Crippen MR) is 189 cm³/mol. The summed E-state index contributed by atoms with van der Waals surface area (Å²) in [4.78, 5) is 46.6. The normalized spacial score (nSPS) is 14.0. The second-order valence-electron chi connectivity index (χ2n) is 9.94. The summed E-state index contributed by atoms with van der Waals surface area (Å²) in [6.07, 6.45) is 1.35. The Bertz CT molecular complexity index is 1870. The number of esters is 1. The fourth-order valence-electron chi connectivity index (χ4n) is 4.59. The van der Waals surface area contributed by atoms with Crippen LogP contribution in [-0.4, -0.2) is 52.9 Å². The zero-order valence-corrected chi connectivity index (χ0v) is 29.2. The lowest BCUT2D eigenvalue weighted by molar-refractivity contribution is -0.394.